The van der Waals surface area contributed by atoms with Gasteiger partial charge in [0.1, 0.15) is 0 Å². The van der Waals surface area contributed by atoms with Crippen LogP contribution in [-0.2, 0) is 21.4 Å². The van der Waals surface area contributed by atoms with Gasteiger partial charge in [0.15, 0.2) is 5.76 Å². The molecule has 0 bridgehead atoms. The zero-order chi connectivity index (χ0) is 25.6. The summed E-state index contributed by atoms with van der Waals surface area (Å²) in [4.78, 5) is 29.8. The van der Waals surface area contributed by atoms with Crippen LogP contribution in [-0.4, -0.2) is 72.3 Å². The Morgan fingerprint density at radius 2 is 1.77 bits per heavy atom. The minimum absolute atomic E-state index is 0.0434. The number of nitrogens with zero attached hydrogens (tertiary/aromatic N) is 3. The summed E-state index contributed by atoms with van der Waals surface area (Å²) in [6.45, 7) is 9.03. The van der Waals surface area contributed by atoms with Crippen LogP contribution in [0.3, 0.4) is 0 Å². The molecule has 0 aliphatic carbocycles. The first-order chi connectivity index (χ1) is 16.6. The van der Waals surface area contributed by atoms with Crippen molar-refractivity contribution in [3.05, 3.63) is 59.5 Å². The minimum Gasteiger partial charge on any atom is -0.459 e. The number of benzene rings is 1. The van der Waals surface area contributed by atoms with Gasteiger partial charge >= 0.3 is 0 Å². The van der Waals surface area contributed by atoms with Crippen LogP contribution in [0, 0.1) is 12.8 Å². The molecular formula is C26H37N3O5S. The highest BCUT2D eigenvalue weighted by molar-refractivity contribution is 7.89. The number of likely N-dealkylation sites (tertiary alicyclic amines) is 1. The normalized spacial score (nSPS) is 15.1. The number of sulfonamides is 1. The van der Waals surface area contributed by atoms with Crippen molar-refractivity contribution in [2.75, 3.05) is 31.9 Å². The first-order valence-corrected chi connectivity index (χ1v) is 13.9. The Kier molecular flexibility index (Phi) is 9.13. The Morgan fingerprint density at radius 1 is 1.11 bits per heavy atom. The van der Waals surface area contributed by atoms with Gasteiger partial charge < -0.3 is 14.2 Å². The van der Waals surface area contributed by atoms with Crippen LogP contribution in [0.4, 0.5) is 0 Å². The molecule has 0 radical (unpaired) electrons. The number of aryl methyl sites for hydroxylation is 1. The van der Waals surface area contributed by atoms with E-state index >= 15 is 0 Å². The van der Waals surface area contributed by atoms with Gasteiger partial charge in [-0.15, -0.1) is 0 Å². The average molecular weight is 504 g/mol. The van der Waals surface area contributed by atoms with Gasteiger partial charge in [-0.25, -0.2) is 8.42 Å². The molecule has 0 N–H and O–H groups in total. The highest BCUT2D eigenvalue weighted by atomic mass is 32.2. The van der Waals surface area contributed by atoms with Gasteiger partial charge in [0, 0.05) is 32.2 Å². The second-order valence-electron chi connectivity index (χ2n) is 9.59. The quantitative estimate of drug-likeness (QED) is 0.495. The fourth-order valence-electron chi connectivity index (χ4n) is 4.36. The molecule has 2 amide bonds. The smallest absolute Gasteiger partial charge is 0.289 e. The predicted octanol–water partition coefficient (Wildman–Crippen LogP) is 3.53. The van der Waals surface area contributed by atoms with Crippen LogP contribution >= 0.6 is 0 Å². The number of rotatable bonds is 10. The fourth-order valence-corrected chi connectivity index (χ4v) is 5.55. The molecule has 0 saturated carbocycles. The predicted molar refractivity (Wildman–Crippen MR) is 135 cm³/mol. The Bertz CT molecular complexity index is 1070. The third-order valence-electron chi connectivity index (χ3n) is 6.36. The van der Waals surface area contributed by atoms with Crippen LogP contribution in [0.25, 0.3) is 0 Å². The van der Waals surface area contributed by atoms with E-state index in [1.54, 1.807) is 28.9 Å². The van der Waals surface area contributed by atoms with Crippen LogP contribution in [0.5, 0.6) is 0 Å². The maximum Gasteiger partial charge on any atom is 0.289 e. The maximum atomic E-state index is 13.6. The number of furan rings is 1. The Hall–Kier alpha value is -2.65. The molecule has 1 saturated heterocycles. The molecule has 35 heavy (non-hydrogen) atoms. The summed E-state index contributed by atoms with van der Waals surface area (Å²) in [6.07, 6.45) is 2.72. The first kappa shape index (κ1) is 26.9. The van der Waals surface area contributed by atoms with Crippen LogP contribution in [0.2, 0.25) is 0 Å². The molecule has 9 heteroatoms. The lowest BCUT2D eigenvalue weighted by molar-refractivity contribution is -0.135. The Balaban J connectivity index is 1.77. The van der Waals surface area contributed by atoms with E-state index in [1.165, 1.54) is 10.6 Å². The molecule has 1 aliphatic heterocycles. The summed E-state index contributed by atoms with van der Waals surface area (Å²) in [6, 6.07) is 11.3. The van der Waals surface area contributed by atoms with Crippen molar-refractivity contribution in [3.63, 3.8) is 0 Å². The van der Waals surface area contributed by atoms with Crippen LogP contribution in [0.15, 0.2) is 47.1 Å². The van der Waals surface area contributed by atoms with E-state index in [1.807, 2.05) is 45.0 Å². The van der Waals surface area contributed by atoms with Crippen molar-refractivity contribution >= 4 is 21.8 Å². The molecule has 1 aromatic heterocycles. The van der Waals surface area contributed by atoms with Gasteiger partial charge in [0.2, 0.25) is 15.9 Å². The number of amides is 2. The highest BCUT2D eigenvalue weighted by Crippen LogP contribution is 2.22. The molecule has 8 nitrogen and oxygen atoms in total. The summed E-state index contributed by atoms with van der Waals surface area (Å²) >= 11 is 0. The van der Waals surface area contributed by atoms with Crippen molar-refractivity contribution in [1.29, 1.82) is 0 Å². The summed E-state index contributed by atoms with van der Waals surface area (Å²) in [5.74, 6) is 0.00912. The zero-order valence-corrected chi connectivity index (χ0v) is 22.0. The molecule has 0 spiro atoms. The lowest BCUT2D eigenvalue weighted by Gasteiger charge is -2.39. The monoisotopic (exact) mass is 503 g/mol. The van der Waals surface area contributed by atoms with Crippen LogP contribution < -0.4 is 0 Å². The number of carbonyl (C=O) groups excluding carboxylic acids is 2. The second-order valence-corrected chi connectivity index (χ2v) is 11.9. The van der Waals surface area contributed by atoms with E-state index < -0.39 is 10.0 Å². The molecule has 0 atom stereocenters. The largest absolute Gasteiger partial charge is 0.459 e. The average Bonchev–Trinajstić information content (AvgIpc) is 3.37. The highest BCUT2D eigenvalue weighted by Gasteiger charge is 2.33. The van der Waals surface area contributed by atoms with E-state index in [9.17, 15) is 18.0 Å². The molecule has 1 fully saturated rings. The van der Waals surface area contributed by atoms with Gasteiger partial charge in [0.05, 0.1) is 18.6 Å². The summed E-state index contributed by atoms with van der Waals surface area (Å²) in [5, 5.41) is 0. The topological polar surface area (TPSA) is 91.1 Å². The molecule has 0 unspecified atom stereocenters. The molecule has 1 aliphatic rings. The zero-order valence-electron chi connectivity index (χ0n) is 21.1. The van der Waals surface area contributed by atoms with E-state index in [0.717, 1.165) is 11.1 Å². The van der Waals surface area contributed by atoms with E-state index in [-0.39, 0.29) is 36.1 Å². The van der Waals surface area contributed by atoms with Crippen molar-refractivity contribution in [1.82, 2.24) is 14.1 Å². The van der Waals surface area contributed by atoms with Gasteiger partial charge in [-0.05, 0) is 50.3 Å². The standard InChI is InChI=1S/C26H37N3O5S/c1-5-35(32,33)28(17-20(2)3)19-25(30)29(18-22-10-8-21(4)9-11-22)23-12-14-27(15-13-23)26(31)24-7-6-16-34-24/h6-11,16,20,23H,5,12-15,17-19H2,1-4H3. The van der Waals surface area contributed by atoms with E-state index in [4.69, 9.17) is 4.42 Å². The Morgan fingerprint density at radius 3 is 2.31 bits per heavy atom. The van der Waals surface area contributed by atoms with Crippen molar-refractivity contribution < 1.29 is 22.4 Å². The van der Waals surface area contributed by atoms with Crippen molar-refractivity contribution in [2.45, 2.75) is 53.1 Å². The van der Waals surface area contributed by atoms with Gasteiger partial charge in [-0.1, -0.05) is 43.7 Å². The number of piperidine rings is 1. The Labute approximate surface area is 208 Å². The number of hydrogen-bond acceptors (Lipinski definition) is 5. The molecule has 2 heterocycles. The summed E-state index contributed by atoms with van der Waals surface area (Å²) in [7, 11) is -3.52. The fraction of sp³-hybridized carbons (Fsp3) is 0.538. The van der Waals surface area contributed by atoms with Gasteiger partial charge in [0.25, 0.3) is 5.91 Å². The molecular weight excluding hydrogens is 466 g/mol. The lowest BCUT2D eigenvalue weighted by atomic mass is 10.0. The molecule has 2 aromatic rings. The van der Waals surface area contributed by atoms with E-state index in [2.05, 4.69) is 0 Å². The SMILES string of the molecule is CCS(=O)(=O)N(CC(=O)N(Cc1ccc(C)cc1)C1CCN(C(=O)c2ccco2)CC1)CC(C)C. The third-order valence-corrected chi connectivity index (χ3v) is 8.15. The van der Waals surface area contributed by atoms with Gasteiger partial charge in [-0.3, -0.25) is 9.59 Å². The maximum absolute atomic E-state index is 13.6. The van der Waals surface area contributed by atoms with Crippen LogP contribution in [0.1, 0.15) is 55.3 Å². The third kappa shape index (κ3) is 7.18. The molecule has 192 valence electrons. The lowest BCUT2D eigenvalue weighted by Crippen LogP contribution is -2.51. The molecule has 1 aromatic carbocycles. The number of carbonyl (C=O) groups is 2. The van der Waals surface area contributed by atoms with Crippen molar-refractivity contribution in [3.8, 4) is 0 Å². The number of hydrogen-bond donors (Lipinski definition) is 0. The van der Waals surface area contributed by atoms with E-state index in [0.29, 0.717) is 44.8 Å². The minimum atomic E-state index is -3.52. The van der Waals surface area contributed by atoms with Crippen molar-refractivity contribution in [2.24, 2.45) is 5.92 Å². The van der Waals surface area contributed by atoms with Gasteiger partial charge in [-0.2, -0.15) is 4.31 Å². The summed E-state index contributed by atoms with van der Waals surface area (Å²) in [5.41, 5.74) is 2.13. The summed E-state index contributed by atoms with van der Waals surface area (Å²) < 4.78 is 32.0. The first-order valence-electron chi connectivity index (χ1n) is 12.3. The molecule has 3 rings (SSSR count). The second kappa shape index (κ2) is 11.9.